The van der Waals surface area contributed by atoms with Crippen molar-refractivity contribution in [1.29, 1.82) is 0 Å². The van der Waals surface area contributed by atoms with E-state index in [0.717, 1.165) is 0 Å². The molecule has 0 saturated carbocycles. The molecule has 5 heteroatoms. The molecule has 0 fully saturated rings. The van der Waals surface area contributed by atoms with Crippen molar-refractivity contribution >= 4 is 51.4 Å². The molecule has 0 aliphatic rings. The van der Waals surface area contributed by atoms with Crippen LogP contribution in [0.5, 0.6) is 0 Å². The predicted octanol–water partition coefficient (Wildman–Crippen LogP) is -1.18. The molecule has 0 unspecified atom stereocenters. The van der Waals surface area contributed by atoms with Gasteiger partial charge in [-0.15, -0.1) is 0 Å². The van der Waals surface area contributed by atoms with E-state index in [2.05, 4.69) is 0 Å². The third kappa shape index (κ3) is 26.1. The summed E-state index contributed by atoms with van der Waals surface area (Å²) in [6, 6.07) is 0. The van der Waals surface area contributed by atoms with Gasteiger partial charge in [-0.05, 0) is 0 Å². The van der Waals surface area contributed by atoms with Gasteiger partial charge < -0.3 is 0 Å². The summed E-state index contributed by atoms with van der Waals surface area (Å²) in [6.45, 7) is 0. The van der Waals surface area contributed by atoms with Crippen LogP contribution in [-0.2, 0) is 22.7 Å². The van der Waals surface area contributed by atoms with Gasteiger partial charge in [-0.1, -0.05) is 0 Å². The third-order valence-corrected chi connectivity index (χ3v) is 0. The fourth-order valence-electron chi connectivity index (χ4n) is 0. The van der Waals surface area contributed by atoms with Crippen LogP contribution < -0.4 is 0 Å². The molecule has 25 valence electrons. The van der Waals surface area contributed by atoms with Crippen LogP contribution in [0.15, 0.2) is 0 Å². The topological polar surface area (TPSA) is 54.4 Å². The molecule has 0 saturated heterocycles. The fourth-order valence-corrected chi connectivity index (χ4v) is 0. The van der Waals surface area contributed by atoms with Crippen LogP contribution in [0.2, 0.25) is 0 Å². The van der Waals surface area contributed by atoms with Gasteiger partial charge in [0.15, 0.2) is 0 Å². The van der Waals surface area contributed by atoms with Crippen LogP contribution >= 0.6 is 0 Å². The molecule has 0 aromatic carbocycles. The normalized spacial score (nSPS) is 5.00. The van der Waals surface area contributed by atoms with E-state index in [9.17, 15) is 0 Å². The molecule has 1 radical (unpaired) electrons. The first-order valence-electron chi connectivity index (χ1n) is 0.565. The molecule has 5 heavy (non-hydrogen) atoms. The van der Waals surface area contributed by atoms with E-state index in [-0.39, 0.29) is 51.4 Å². The van der Waals surface area contributed by atoms with E-state index in [1.54, 1.807) is 0 Å². The predicted molar refractivity (Wildman–Crippen MR) is 9.35 cm³/mol. The Morgan fingerprint density at radius 2 is 1.40 bits per heavy atom. The maximum atomic E-state index is 8.67. The molecule has 0 amide bonds. The SMILES string of the molecule is [K].[O]=[V](=[O])[OH]. The maximum absolute atomic E-state index is 8.67. The van der Waals surface area contributed by atoms with Crippen molar-refractivity contribution < 1.29 is 26.8 Å². The summed E-state index contributed by atoms with van der Waals surface area (Å²) >= 11 is -3.69. The van der Waals surface area contributed by atoms with E-state index in [0.29, 0.717) is 0 Å². The van der Waals surface area contributed by atoms with Crippen LogP contribution in [0.25, 0.3) is 0 Å². The van der Waals surface area contributed by atoms with E-state index >= 15 is 0 Å². The quantitative estimate of drug-likeness (QED) is 0.430. The first kappa shape index (κ1) is 9.91. The van der Waals surface area contributed by atoms with Crippen LogP contribution in [0.1, 0.15) is 0 Å². The van der Waals surface area contributed by atoms with Gasteiger partial charge in [0.05, 0.1) is 0 Å². The average molecular weight is 139 g/mol. The van der Waals surface area contributed by atoms with Gasteiger partial charge in [0.25, 0.3) is 0 Å². The van der Waals surface area contributed by atoms with Crippen LogP contribution in [0, 0.1) is 0 Å². The van der Waals surface area contributed by atoms with Crippen molar-refractivity contribution in [3.63, 3.8) is 0 Å². The molecular weight excluding hydrogens is 138 g/mol. The van der Waals surface area contributed by atoms with E-state index in [4.69, 9.17) is 11.4 Å². The van der Waals surface area contributed by atoms with E-state index < -0.39 is 15.4 Å². The van der Waals surface area contributed by atoms with Gasteiger partial charge in [-0.2, -0.15) is 0 Å². The van der Waals surface area contributed by atoms with Crippen molar-refractivity contribution in [2.45, 2.75) is 0 Å². The molecule has 0 heterocycles. The van der Waals surface area contributed by atoms with Gasteiger partial charge in [0.1, 0.15) is 0 Å². The second-order valence-corrected chi connectivity index (χ2v) is 0.981. The Morgan fingerprint density at radius 1 is 1.40 bits per heavy atom. The van der Waals surface area contributed by atoms with Crippen molar-refractivity contribution in [3.8, 4) is 0 Å². The molecule has 0 spiro atoms. The van der Waals surface area contributed by atoms with Gasteiger partial charge >= 0.3 is 26.8 Å². The summed E-state index contributed by atoms with van der Waals surface area (Å²) in [4.78, 5) is 0. The summed E-state index contributed by atoms with van der Waals surface area (Å²) in [5.74, 6) is 0. The van der Waals surface area contributed by atoms with Crippen LogP contribution in [0.4, 0.5) is 0 Å². The van der Waals surface area contributed by atoms with Crippen LogP contribution in [-0.4, -0.2) is 55.4 Å². The number of hydrogen-bond acceptors (Lipinski definition) is 2. The fraction of sp³-hybridized carbons (Fsp3) is 0. The Kier molecular flexibility index (Phi) is 11.5. The molecule has 0 atom stereocenters. The Labute approximate surface area is 76.5 Å². The standard InChI is InChI=1S/K.H2O.2O.V/h;1H2;;;/q;;;;+1/p-1. The molecule has 0 aromatic heterocycles. The van der Waals surface area contributed by atoms with Crippen molar-refractivity contribution in [1.82, 2.24) is 0 Å². The summed E-state index contributed by atoms with van der Waals surface area (Å²) < 4.78 is 24.4. The van der Waals surface area contributed by atoms with Crippen molar-refractivity contribution in [3.05, 3.63) is 0 Å². The molecule has 0 rings (SSSR count). The molecule has 0 bridgehead atoms. The number of rotatable bonds is 0. The Morgan fingerprint density at radius 3 is 1.40 bits per heavy atom. The Bertz CT molecular complexity index is 55.3. The first-order valence-corrected chi connectivity index (χ1v) is 2.33. The van der Waals surface area contributed by atoms with Crippen molar-refractivity contribution in [2.75, 3.05) is 0 Å². The summed E-state index contributed by atoms with van der Waals surface area (Å²) in [5, 5.41) is 0. The van der Waals surface area contributed by atoms with Gasteiger partial charge in [-0.25, -0.2) is 0 Å². The van der Waals surface area contributed by atoms with E-state index in [1.165, 1.54) is 0 Å². The first-order chi connectivity index (χ1) is 1.73. The minimum absolute atomic E-state index is 0. The molecule has 0 aromatic rings. The summed E-state index contributed by atoms with van der Waals surface area (Å²) in [5.41, 5.74) is 0. The van der Waals surface area contributed by atoms with Crippen LogP contribution in [0.3, 0.4) is 0 Å². The van der Waals surface area contributed by atoms with Crippen molar-refractivity contribution in [2.24, 2.45) is 0 Å². The summed E-state index contributed by atoms with van der Waals surface area (Å²) in [6.07, 6.45) is 0. The monoisotopic (exact) mass is 139 g/mol. The average Bonchev–Trinajstić information content (AvgIpc) is 0.811. The second-order valence-electron chi connectivity index (χ2n) is 0.238. The Balaban J connectivity index is 0. The molecule has 0 aliphatic carbocycles. The number of hydrogen-bond donors (Lipinski definition) is 1. The minimum atomic E-state index is -3.69. The van der Waals surface area contributed by atoms with Gasteiger partial charge in [0.2, 0.25) is 0 Å². The Hall–Kier alpha value is 1.78. The third-order valence-electron chi connectivity index (χ3n) is 0. The zero-order valence-corrected chi connectivity index (χ0v) is 7.23. The van der Waals surface area contributed by atoms with Gasteiger partial charge in [-0.3, -0.25) is 0 Å². The van der Waals surface area contributed by atoms with Gasteiger partial charge in [0, 0.05) is 51.4 Å². The molecule has 1 N–H and O–H groups in total. The zero-order chi connectivity index (χ0) is 3.58. The second kappa shape index (κ2) is 5.78. The van der Waals surface area contributed by atoms with E-state index in [1.807, 2.05) is 0 Å². The molecule has 0 aliphatic heterocycles. The molecular formula is HKO3V. The zero-order valence-electron chi connectivity index (χ0n) is 2.71. The summed E-state index contributed by atoms with van der Waals surface area (Å²) in [7, 11) is 0. The molecule has 3 nitrogen and oxygen atoms in total.